The first-order chi connectivity index (χ1) is 7.18. The van der Waals surface area contributed by atoms with Gasteiger partial charge in [-0.2, -0.15) is 0 Å². The van der Waals surface area contributed by atoms with Crippen LogP contribution in [0.2, 0.25) is 0 Å². The molecule has 0 atom stereocenters. The number of rotatable bonds is 2. The minimum atomic E-state index is -1.12. The molecule has 0 aliphatic heterocycles. The van der Waals surface area contributed by atoms with Crippen LogP contribution in [0, 0.1) is 5.82 Å². The molecule has 0 aliphatic carbocycles. The van der Waals surface area contributed by atoms with E-state index in [4.69, 9.17) is 5.11 Å². The Morgan fingerprint density at radius 3 is 2.60 bits per heavy atom. The Kier molecular flexibility index (Phi) is 2.21. The molecule has 0 fully saturated rings. The molecule has 76 valence electrons. The third-order valence-electron chi connectivity index (χ3n) is 1.94. The van der Waals surface area contributed by atoms with Crippen molar-refractivity contribution in [3.63, 3.8) is 0 Å². The van der Waals surface area contributed by atoms with Gasteiger partial charge >= 0.3 is 5.97 Å². The van der Waals surface area contributed by atoms with Crippen molar-refractivity contribution in [1.82, 2.24) is 9.55 Å². The van der Waals surface area contributed by atoms with Crippen LogP contribution in [0.15, 0.2) is 36.7 Å². The normalized spacial score (nSPS) is 10.2. The molecule has 0 amide bonds. The average molecular weight is 206 g/mol. The lowest BCUT2D eigenvalue weighted by molar-refractivity contribution is 0.0681. The molecule has 4 nitrogen and oxygen atoms in total. The van der Waals surface area contributed by atoms with E-state index < -0.39 is 5.97 Å². The van der Waals surface area contributed by atoms with Gasteiger partial charge in [0.25, 0.3) is 0 Å². The summed E-state index contributed by atoms with van der Waals surface area (Å²) in [6.45, 7) is 0. The highest BCUT2D eigenvalue weighted by Gasteiger charge is 2.11. The van der Waals surface area contributed by atoms with Crippen molar-refractivity contribution in [2.24, 2.45) is 0 Å². The summed E-state index contributed by atoms with van der Waals surface area (Å²) in [5.74, 6) is -1.58. The van der Waals surface area contributed by atoms with Gasteiger partial charge in [0.1, 0.15) is 5.82 Å². The van der Waals surface area contributed by atoms with Crippen LogP contribution in [-0.4, -0.2) is 20.6 Å². The predicted octanol–water partition coefficient (Wildman–Crippen LogP) is 1.71. The van der Waals surface area contributed by atoms with Crippen LogP contribution >= 0.6 is 0 Å². The van der Waals surface area contributed by atoms with Crippen LogP contribution in [0.4, 0.5) is 4.39 Å². The zero-order valence-corrected chi connectivity index (χ0v) is 7.59. The van der Waals surface area contributed by atoms with Crippen molar-refractivity contribution < 1.29 is 14.3 Å². The van der Waals surface area contributed by atoms with Crippen molar-refractivity contribution >= 4 is 5.97 Å². The molecule has 0 saturated heterocycles. The van der Waals surface area contributed by atoms with Crippen LogP contribution in [0.1, 0.15) is 10.6 Å². The highest BCUT2D eigenvalue weighted by molar-refractivity contribution is 5.84. The molecular weight excluding hydrogens is 199 g/mol. The first-order valence-electron chi connectivity index (χ1n) is 4.21. The Morgan fingerprint density at radius 1 is 1.33 bits per heavy atom. The van der Waals surface area contributed by atoms with E-state index in [1.807, 2.05) is 0 Å². The Hall–Kier alpha value is -2.17. The lowest BCUT2D eigenvalue weighted by atomic mass is 10.3. The summed E-state index contributed by atoms with van der Waals surface area (Å²) >= 11 is 0. The number of carboxylic acid groups (broad SMARTS) is 1. The molecule has 1 N–H and O–H groups in total. The molecule has 0 spiro atoms. The van der Waals surface area contributed by atoms with Crippen molar-refractivity contribution in [2.75, 3.05) is 0 Å². The topological polar surface area (TPSA) is 55.1 Å². The third-order valence-corrected chi connectivity index (χ3v) is 1.94. The zero-order chi connectivity index (χ0) is 10.8. The fourth-order valence-electron chi connectivity index (χ4n) is 1.27. The molecule has 15 heavy (non-hydrogen) atoms. The first-order valence-corrected chi connectivity index (χ1v) is 4.21. The summed E-state index contributed by atoms with van der Waals surface area (Å²) in [4.78, 5) is 14.4. The maximum Gasteiger partial charge on any atom is 0.372 e. The Labute approximate surface area is 84.6 Å². The van der Waals surface area contributed by atoms with E-state index in [-0.39, 0.29) is 11.6 Å². The largest absolute Gasteiger partial charge is 0.475 e. The third kappa shape index (κ3) is 1.71. The molecule has 0 radical (unpaired) electrons. The zero-order valence-electron chi connectivity index (χ0n) is 7.59. The van der Waals surface area contributed by atoms with Gasteiger partial charge in [-0.15, -0.1) is 0 Å². The average Bonchev–Trinajstić information content (AvgIpc) is 2.67. The quantitative estimate of drug-likeness (QED) is 0.813. The predicted molar refractivity (Wildman–Crippen MR) is 50.5 cm³/mol. The van der Waals surface area contributed by atoms with E-state index in [1.54, 1.807) is 0 Å². The fourth-order valence-corrected chi connectivity index (χ4v) is 1.27. The van der Waals surface area contributed by atoms with Crippen LogP contribution < -0.4 is 0 Å². The molecule has 0 bridgehead atoms. The summed E-state index contributed by atoms with van der Waals surface area (Å²) < 4.78 is 14.0. The van der Waals surface area contributed by atoms with Gasteiger partial charge in [-0.1, -0.05) is 0 Å². The van der Waals surface area contributed by atoms with Gasteiger partial charge in [0.2, 0.25) is 5.82 Å². The molecule has 1 aromatic carbocycles. The van der Waals surface area contributed by atoms with Gasteiger partial charge in [-0.3, -0.25) is 4.57 Å². The van der Waals surface area contributed by atoms with Crippen LogP contribution in [0.5, 0.6) is 0 Å². The number of benzene rings is 1. The van der Waals surface area contributed by atoms with Crippen molar-refractivity contribution in [2.45, 2.75) is 0 Å². The Bertz CT molecular complexity index is 490. The molecule has 2 rings (SSSR count). The number of aromatic carboxylic acids is 1. The van der Waals surface area contributed by atoms with Crippen LogP contribution in [0.25, 0.3) is 5.69 Å². The van der Waals surface area contributed by atoms with E-state index >= 15 is 0 Å². The van der Waals surface area contributed by atoms with Crippen molar-refractivity contribution in [3.05, 3.63) is 48.3 Å². The molecule has 0 saturated carbocycles. The van der Waals surface area contributed by atoms with E-state index in [0.29, 0.717) is 5.69 Å². The van der Waals surface area contributed by atoms with E-state index in [1.165, 1.54) is 41.2 Å². The number of imidazole rings is 1. The van der Waals surface area contributed by atoms with Gasteiger partial charge in [0.15, 0.2) is 0 Å². The van der Waals surface area contributed by atoms with E-state index in [9.17, 15) is 9.18 Å². The molecule has 0 aliphatic rings. The highest BCUT2D eigenvalue weighted by atomic mass is 19.1. The minimum Gasteiger partial charge on any atom is -0.475 e. The van der Waals surface area contributed by atoms with Gasteiger partial charge in [-0.05, 0) is 24.3 Å². The molecular formula is C10H7FN2O2. The highest BCUT2D eigenvalue weighted by Crippen LogP contribution is 2.11. The number of carbonyl (C=O) groups is 1. The van der Waals surface area contributed by atoms with Crippen LogP contribution in [0.3, 0.4) is 0 Å². The number of carboxylic acids is 1. The molecule has 0 unspecified atom stereocenters. The van der Waals surface area contributed by atoms with Gasteiger partial charge in [0.05, 0.1) is 0 Å². The fraction of sp³-hybridized carbons (Fsp3) is 0. The molecule has 2 aromatic rings. The minimum absolute atomic E-state index is 0.0957. The lowest BCUT2D eigenvalue weighted by Crippen LogP contribution is -2.07. The van der Waals surface area contributed by atoms with Crippen molar-refractivity contribution in [3.8, 4) is 5.69 Å². The molecule has 5 heteroatoms. The van der Waals surface area contributed by atoms with E-state index in [0.717, 1.165) is 0 Å². The standard InChI is InChI=1S/C10H7FN2O2/c11-7-1-3-8(4-2-7)13-6-5-12-9(13)10(14)15/h1-6H,(H,14,15). The Morgan fingerprint density at radius 2 is 2.00 bits per heavy atom. The molecule has 1 heterocycles. The van der Waals surface area contributed by atoms with E-state index in [2.05, 4.69) is 4.98 Å². The maximum atomic E-state index is 12.6. The van der Waals surface area contributed by atoms with Gasteiger partial charge in [0, 0.05) is 18.1 Å². The summed E-state index contributed by atoms with van der Waals surface area (Å²) in [7, 11) is 0. The molecule has 1 aromatic heterocycles. The lowest BCUT2D eigenvalue weighted by Gasteiger charge is -2.03. The number of hydrogen-bond acceptors (Lipinski definition) is 2. The number of nitrogens with zero attached hydrogens (tertiary/aromatic N) is 2. The summed E-state index contributed by atoms with van der Waals surface area (Å²) in [5, 5.41) is 8.81. The van der Waals surface area contributed by atoms with Gasteiger partial charge in [-0.25, -0.2) is 14.2 Å². The monoisotopic (exact) mass is 206 g/mol. The summed E-state index contributed by atoms with van der Waals surface area (Å²) in [6.07, 6.45) is 2.89. The summed E-state index contributed by atoms with van der Waals surface area (Å²) in [6, 6.07) is 5.51. The number of halogens is 1. The second-order valence-corrected chi connectivity index (χ2v) is 2.90. The number of hydrogen-bond donors (Lipinski definition) is 1. The maximum absolute atomic E-state index is 12.6. The second-order valence-electron chi connectivity index (χ2n) is 2.90. The van der Waals surface area contributed by atoms with Crippen LogP contribution in [-0.2, 0) is 0 Å². The smallest absolute Gasteiger partial charge is 0.372 e. The van der Waals surface area contributed by atoms with Crippen molar-refractivity contribution in [1.29, 1.82) is 0 Å². The SMILES string of the molecule is O=C(O)c1nccn1-c1ccc(F)cc1. The van der Waals surface area contributed by atoms with Gasteiger partial charge < -0.3 is 5.11 Å². The summed E-state index contributed by atoms with van der Waals surface area (Å²) in [5.41, 5.74) is 0.561. The Balaban J connectivity index is 2.49. The first kappa shape index (κ1) is 9.39. The number of aromatic nitrogens is 2. The second kappa shape index (κ2) is 3.53.